The molecule has 0 bridgehead atoms. The van der Waals surface area contributed by atoms with Gasteiger partial charge in [0.1, 0.15) is 5.82 Å². The van der Waals surface area contributed by atoms with E-state index >= 15 is 0 Å². The SMILES string of the molecule is Cc1nc(-c2ccc(C(C)N(C)C)cc2)cc(=O)[nH]1. The molecule has 0 aliphatic carbocycles. The first-order valence-corrected chi connectivity index (χ1v) is 6.32. The highest BCUT2D eigenvalue weighted by atomic mass is 16.1. The summed E-state index contributed by atoms with van der Waals surface area (Å²) in [4.78, 5) is 20.6. The van der Waals surface area contributed by atoms with Crippen LogP contribution in [0.3, 0.4) is 0 Å². The number of H-pyrrole nitrogens is 1. The summed E-state index contributed by atoms with van der Waals surface area (Å²) < 4.78 is 0. The van der Waals surface area contributed by atoms with Crippen molar-refractivity contribution in [2.45, 2.75) is 19.9 Å². The lowest BCUT2D eigenvalue weighted by Gasteiger charge is -2.20. The van der Waals surface area contributed by atoms with Gasteiger partial charge in [0.2, 0.25) is 0 Å². The van der Waals surface area contributed by atoms with Crippen LogP contribution in [0.5, 0.6) is 0 Å². The van der Waals surface area contributed by atoms with E-state index in [1.54, 1.807) is 6.92 Å². The highest BCUT2D eigenvalue weighted by molar-refractivity contribution is 5.59. The van der Waals surface area contributed by atoms with Gasteiger partial charge in [0.25, 0.3) is 5.56 Å². The Kier molecular flexibility index (Phi) is 3.81. The third kappa shape index (κ3) is 3.09. The van der Waals surface area contributed by atoms with Crippen molar-refractivity contribution in [3.05, 3.63) is 52.1 Å². The van der Waals surface area contributed by atoms with Crippen LogP contribution < -0.4 is 5.56 Å². The quantitative estimate of drug-likeness (QED) is 0.918. The van der Waals surface area contributed by atoms with E-state index in [2.05, 4.69) is 48.0 Å². The summed E-state index contributed by atoms with van der Waals surface area (Å²) in [5.74, 6) is 0.633. The molecule has 0 aliphatic heterocycles. The second-order valence-electron chi connectivity index (χ2n) is 4.98. The third-order valence-corrected chi connectivity index (χ3v) is 3.32. The summed E-state index contributed by atoms with van der Waals surface area (Å²) in [5.41, 5.74) is 2.80. The molecule has 2 rings (SSSR count). The molecule has 0 amide bonds. The number of aromatic nitrogens is 2. The van der Waals surface area contributed by atoms with Crippen LogP contribution in [0.1, 0.15) is 24.4 Å². The second kappa shape index (κ2) is 5.36. The van der Waals surface area contributed by atoms with Gasteiger partial charge in [-0.3, -0.25) is 4.79 Å². The predicted octanol–water partition coefficient (Wildman–Crippen LogP) is 2.37. The maximum Gasteiger partial charge on any atom is 0.251 e. The Morgan fingerprint density at radius 2 is 1.84 bits per heavy atom. The second-order valence-corrected chi connectivity index (χ2v) is 4.98. The largest absolute Gasteiger partial charge is 0.311 e. The Balaban J connectivity index is 2.35. The van der Waals surface area contributed by atoms with E-state index < -0.39 is 0 Å². The summed E-state index contributed by atoms with van der Waals surface area (Å²) in [6, 6.07) is 10.1. The molecular formula is C15H19N3O. The van der Waals surface area contributed by atoms with Crippen LogP contribution in [-0.4, -0.2) is 29.0 Å². The van der Waals surface area contributed by atoms with E-state index in [1.807, 2.05) is 12.1 Å². The number of benzene rings is 1. The van der Waals surface area contributed by atoms with E-state index in [9.17, 15) is 4.79 Å². The molecule has 0 saturated heterocycles. The molecule has 1 N–H and O–H groups in total. The predicted molar refractivity (Wildman–Crippen MR) is 77.1 cm³/mol. The number of nitrogens with one attached hydrogen (secondary N) is 1. The van der Waals surface area contributed by atoms with Crippen molar-refractivity contribution in [2.24, 2.45) is 0 Å². The number of aryl methyl sites for hydroxylation is 1. The number of hydrogen-bond donors (Lipinski definition) is 1. The number of rotatable bonds is 3. The van der Waals surface area contributed by atoms with Crippen LogP contribution in [-0.2, 0) is 0 Å². The van der Waals surface area contributed by atoms with Crippen LogP contribution >= 0.6 is 0 Å². The molecule has 2 aromatic rings. The van der Waals surface area contributed by atoms with Crippen molar-refractivity contribution in [1.29, 1.82) is 0 Å². The molecule has 19 heavy (non-hydrogen) atoms. The van der Waals surface area contributed by atoms with Crippen LogP contribution in [0.4, 0.5) is 0 Å². The molecule has 1 unspecified atom stereocenters. The first-order chi connectivity index (χ1) is 8.97. The Hall–Kier alpha value is -1.94. The van der Waals surface area contributed by atoms with Crippen molar-refractivity contribution in [3.63, 3.8) is 0 Å². The number of aromatic amines is 1. The summed E-state index contributed by atoms with van der Waals surface area (Å²) in [6.07, 6.45) is 0. The minimum absolute atomic E-state index is 0.117. The molecular weight excluding hydrogens is 238 g/mol. The van der Waals surface area contributed by atoms with Crippen LogP contribution in [0.25, 0.3) is 11.3 Å². The molecule has 1 aromatic carbocycles. The van der Waals surface area contributed by atoms with Gasteiger partial charge >= 0.3 is 0 Å². The van der Waals surface area contributed by atoms with Crippen molar-refractivity contribution in [1.82, 2.24) is 14.9 Å². The van der Waals surface area contributed by atoms with Crippen LogP contribution in [0.2, 0.25) is 0 Å². The summed E-state index contributed by atoms with van der Waals surface area (Å²) in [6.45, 7) is 3.94. The smallest absolute Gasteiger partial charge is 0.251 e. The fraction of sp³-hybridized carbons (Fsp3) is 0.333. The van der Waals surface area contributed by atoms with Crippen molar-refractivity contribution < 1.29 is 0 Å². The van der Waals surface area contributed by atoms with E-state index in [0.29, 0.717) is 17.6 Å². The molecule has 0 saturated carbocycles. The van der Waals surface area contributed by atoms with Gasteiger partial charge in [0, 0.05) is 17.7 Å². The average Bonchev–Trinajstić information content (AvgIpc) is 2.37. The Morgan fingerprint density at radius 3 is 2.37 bits per heavy atom. The molecule has 0 radical (unpaired) electrons. The van der Waals surface area contributed by atoms with Gasteiger partial charge < -0.3 is 9.88 Å². The lowest BCUT2D eigenvalue weighted by Crippen LogP contribution is -2.16. The Labute approximate surface area is 113 Å². The number of nitrogens with zero attached hydrogens (tertiary/aromatic N) is 2. The lowest BCUT2D eigenvalue weighted by atomic mass is 10.0. The van der Waals surface area contributed by atoms with E-state index in [-0.39, 0.29) is 5.56 Å². The molecule has 100 valence electrons. The zero-order valence-corrected chi connectivity index (χ0v) is 11.8. The van der Waals surface area contributed by atoms with Gasteiger partial charge in [-0.25, -0.2) is 4.98 Å². The maximum atomic E-state index is 11.4. The van der Waals surface area contributed by atoms with Gasteiger partial charge in [0.15, 0.2) is 0 Å². The van der Waals surface area contributed by atoms with Crippen molar-refractivity contribution in [2.75, 3.05) is 14.1 Å². The van der Waals surface area contributed by atoms with Gasteiger partial charge in [-0.05, 0) is 33.5 Å². The zero-order chi connectivity index (χ0) is 14.0. The average molecular weight is 257 g/mol. The van der Waals surface area contributed by atoms with E-state index in [1.165, 1.54) is 11.6 Å². The van der Waals surface area contributed by atoms with Crippen molar-refractivity contribution in [3.8, 4) is 11.3 Å². The highest BCUT2D eigenvalue weighted by Gasteiger charge is 2.08. The number of hydrogen-bond acceptors (Lipinski definition) is 3. The first-order valence-electron chi connectivity index (χ1n) is 6.32. The van der Waals surface area contributed by atoms with Crippen molar-refractivity contribution >= 4 is 0 Å². The summed E-state index contributed by atoms with van der Waals surface area (Å²) in [7, 11) is 4.11. The maximum absolute atomic E-state index is 11.4. The molecule has 1 heterocycles. The van der Waals surface area contributed by atoms with Crippen LogP contribution in [0, 0.1) is 6.92 Å². The topological polar surface area (TPSA) is 49.0 Å². The molecule has 4 heteroatoms. The Bertz CT molecular complexity index is 614. The molecule has 0 fully saturated rings. The van der Waals surface area contributed by atoms with Gasteiger partial charge in [-0.15, -0.1) is 0 Å². The van der Waals surface area contributed by atoms with E-state index in [4.69, 9.17) is 0 Å². The third-order valence-electron chi connectivity index (χ3n) is 3.32. The summed E-state index contributed by atoms with van der Waals surface area (Å²) >= 11 is 0. The minimum atomic E-state index is -0.117. The van der Waals surface area contributed by atoms with Gasteiger partial charge in [0.05, 0.1) is 5.69 Å². The molecule has 1 aromatic heterocycles. The molecule has 4 nitrogen and oxygen atoms in total. The molecule has 0 spiro atoms. The highest BCUT2D eigenvalue weighted by Crippen LogP contribution is 2.21. The van der Waals surface area contributed by atoms with Gasteiger partial charge in [-0.2, -0.15) is 0 Å². The normalized spacial score (nSPS) is 12.7. The first kappa shape index (κ1) is 13.5. The molecule has 1 atom stereocenters. The fourth-order valence-corrected chi connectivity index (χ4v) is 1.96. The zero-order valence-electron chi connectivity index (χ0n) is 11.8. The summed E-state index contributed by atoms with van der Waals surface area (Å²) in [5, 5.41) is 0. The fourth-order valence-electron chi connectivity index (χ4n) is 1.96. The molecule has 0 aliphatic rings. The standard InChI is InChI=1S/C15H19N3O/c1-10(18(3)4)12-5-7-13(8-6-12)14-9-15(19)17-11(2)16-14/h5-10H,1-4H3,(H,16,17,19). The lowest BCUT2D eigenvalue weighted by molar-refractivity contribution is 0.321. The Morgan fingerprint density at radius 1 is 1.21 bits per heavy atom. The van der Waals surface area contributed by atoms with E-state index in [0.717, 1.165) is 5.56 Å². The minimum Gasteiger partial charge on any atom is -0.311 e. The monoisotopic (exact) mass is 257 g/mol. The van der Waals surface area contributed by atoms with Gasteiger partial charge in [-0.1, -0.05) is 24.3 Å². The van der Waals surface area contributed by atoms with Crippen LogP contribution in [0.15, 0.2) is 35.1 Å².